The largest absolute Gasteiger partial charge is 0.437 e. The first-order valence-electron chi connectivity index (χ1n) is 5.55. The first-order valence-corrected chi connectivity index (χ1v) is 5.55. The molecule has 0 bridgehead atoms. The zero-order valence-corrected chi connectivity index (χ0v) is 10.3. The Balaban J connectivity index is 2.02. The summed E-state index contributed by atoms with van der Waals surface area (Å²) in [5, 5.41) is 2.59. The topological polar surface area (TPSA) is 64.1 Å². The van der Waals surface area contributed by atoms with Gasteiger partial charge in [0, 0.05) is 12.3 Å². The van der Waals surface area contributed by atoms with Crippen LogP contribution < -0.4 is 10.1 Å². The molecule has 0 atom stereocenters. The van der Waals surface area contributed by atoms with E-state index in [1.165, 1.54) is 6.20 Å². The lowest BCUT2D eigenvalue weighted by Gasteiger charge is -2.05. The average Bonchev–Trinajstić information content (AvgIpc) is 2.42. The second-order valence-corrected chi connectivity index (χ2v) is 3.51. The van der Waals surface area contributed by atoms with Gasteiger partial charge in [-0.1, -0.05) is 5.92 Å². The van der Waals surface area contributed by atoms with E-state index in [1.54, 1.807) is 43.6 Å². The number of carbonyl (C=O) groups excluding carboxylic acids is 1. The first kappa shape index (κ1) is 12.6. The van der Waals surface area contributed by atoms with Crippen molar-refractivity contribution in [1.29, 1.82) is 0 Å². The van der Waals surface area contributed by atoms with Crippen molar-refractivity contribution < 1.29 is 9.53 Å². The van der Waals surface area contributed by atoms with Crippen molar-refractivity contribution in [3.8, 4) is 23.5 Å². The van der Waals surface area contributed by atoms with E-state index >= 15 is 0 Å². The molecule has 0 aliphatic carbocycles. The molecule has 0 aliphatic heterocycles. The Kier molecular flexibility index (Phi) is 4.09. The maximum atomic E-state index is 11.2. The fraction of sp³-hybridized carbons (Fsp3) is 0.0714. The van der Waals surface area contributed by atoms with Crippen molar-refractivity contribution >= 4 is 11.6 Å². The molecular weight excluding hydrogens is 242 g/mol. The molecule has 2 aromatic rings. The summed E-state index contributed by atoms with van der Waals surface area (Å²) in [7, 11) is 0. The number of nitrogens with zero attached hydrogens (tertiary/aromatic N) is 2. The Morgan fingerprint density at radius 2 is 2.21 bits per heavy atom. The highest BCUT2D eigenvalue weighted by Gasteiger charge is 2.01. The van der Waals surface area contributed by atoms with Gasteiger partial charge in [-0.3, -0.25) is 9.78 Å². The summed E-state index contributed by atoms with van der Waals surface area (Å²) < 4.78 is 5.47. The summed E-state index contributed by atoms with van der Waals surface area (Å²) in [6, 6.07) is 6.89. The van der Waals surface area contributed by atoms with Gasteiger partial charge in [-0.2, -0.15) is 0 Å². The van der Waals surface area contributed by atoms with Gasteiger partial charge in [0.15, 0.2) is 0 Å². The van der Waals surface area contributed by atoms with Crippen LogP contribution in [0.15, 0.2) is 42.9 Å². The number of aromatic nitrogens is 2. The van der Waals surface area contributed by atoms with Crippen LogP contribution in [0.25, 0.3) is 0 Å². The van der Waals surface area contributed by atoms with Crippen LogP contribution in [0.3, 0.4) is 0 Å². The van der Waals surface area contributed by atoms with E-state index in [9.17, 15) is 4.79 Å². The van der Waals surface area contributed by atoms with E-state index in [0.29, 0.717) is 17.3 Å². The van der Waals surface area contributed by atoms with Crippen LogP contribution in [0.4, 0.5) is 5.69 Å². The monoisotopic (exact) mass is 253 g/mol. The Morgan fingerprint density at radius 1 is 1.32 bits per heavy atom. The fourth-order valence-electron chi connectivity index (χ4n) is 1.32. The molecule has 2 rings (SSSR count). The lowest BCUT2D eigenvalue weighted by molar-refractivity contribution is -0.111. The smallest absolute Gasteiger partial charge is 0.300 e. The molecule has 1 amide bonds. The quantitative estimate of drug-likeness (QED) is 0.852. The zero-order valence-electron chi connectivity index (χ0n) is 10.3. The molecule has 2 heterocycles. The summed E-state index contributed by atoms with van der Waals surface area (Å²) >= 11 is 0. The van der Waals surface area contributed by atoms with Crippen LogP contribution in [0.1, 0.15) is 6.92 Å². The Hall–Kier alpha value is -2.87. The fourth-order valence-corrected chi connectivity index (χ4v) is 1.32. The maximum Gasteiger partial charge on any atom is 0.300 e. The molecule has 94 valence electrons. The minimum absolute atomic E-state index is 0.370. The predicted molar refractivity (Wildman–Crippen MR) is 70.6 cm³/mol. The van der Waals surface area contributed by atoms with Gasteiger partial charge in [0.1, 0.15) is 5.75 Å². The maximum absolute atomic E-state index is 11.2. The molecule has 0 radical (unpaired) electrons. The average molecular weight is 253 g/mol. The van der Waals surface area contributed by atoms with Crippen LogP contribution in [-0.4, -0.2) is 15.9 Å². The number of nitrogens with one attached hydrogen (secondary N) is 1. The van der Waals surface area contributed by atoms with E-state index in [0.717, 1.165) is 0 Å². The van der Waals surface area contributed by atoms with Crippen molar-refractivity contribution in [2.45, 2.75) is 6.92 Å². The van der Waals surface area contributed by atoms with Crippen molar-refractivity contribution in [2.75, 3.05) is 5.32 Å². The summed E-state index contributed by atoms with van der Waals surface area (Å²) in [5.41, 5.74) is 0.561. The standard InChI is InChI=1S/C14H11N3O2/c1-2-4-13(18)17-11-6-7-14(16-9-11)19-12-5-3-8-15-10-12/h3,5-10H,1H3,(H,17,18). The normalized spacial score (nSPS) is 9.11. The van der Waals surface area contributed by atoms with E-state index in [-0.39, 0.29) is 5.91 Å². The Bertz CT molecular complexity index is 613. The van der Waals surface area contributed by atoms with Crippen LogP contribution in [0.5, 0.6) is 11.6 Å². The zero-order chi connectivity index (χ0) is 13.5. The molecule has 0 aromatic carbocycles. The van der Waals surface area contributed by atoms with Gasteiger partial charge in [-0.05, 0) is 31.0 Å². The molecule has 0 saturated carbocycles. The molecule has 5 nitrogen and oxygen atoms in total. The minimum Gasteiger partial charge on any atom is -0.437 e. The minimum atomic E-state index is -0.370. The molecule has 0 saturated heterocycles. The SMILES string of the molecule is CC#CC(=O)Nc1ccc(Oc2cccnc2)nc1. The van der Waals surface area contributed by atoms with Gasteiger partial charge >= 0.3 is 0 Å². The lowest BCUT2D eigenvalue weighted by Crippen LogP contribution is -2.08. The van der Waals surface area contributed by atoms with Gasteiger partial charge in [-0.25, -0.2) is 4.98 Å². The number of carbonyl (C=O) groups is 1. The highest BCUT2D eigenvalue weighted by atomic mass is 16.5. The molecule has 0 fully saturated rings. The van der Waals surface area contributed by atoms with Gasteiger partial charge in [0.2, 0.25) is 5.88 Å². The molecule has 0 aliphatic rings. The summed E-state index contributed by atoms with van der Waals surface area (Å²) in [6.45, 7) is 1.60. The summed E-state index contributed by atoms with van der Waals surface area (Å²) in [5.74, 6) is 5.55. The van der Waals surface area contributed by atoms with Crippen LogP contribution in [-0.2, 0) is 4.79 Å². The number of rotatable bonds is 3. The highest BCUT2D eigenvalue weighted by Crippen LogP contribution is 2.18. The van der Waals surface area contributed by atoms with E-state index in [2.05, 4.69) is 27.1 Å². The third kappa shape index (κ3) is 3.82. The first-order chi connectivity index (χ1) is 9.28. The third-order valence-electron chi connectivity index (χ3n) is 2.09. The summed E-state index contributed by atoms with van der Waals surface area (Å²) in [6.07, 6.45) is 4.75. The van der Waals surface area contributed by atoms with E-state index in [1.807, 2.05) is 0 Å². The predicted octanol–water partition coefficient (Wildman–Crippen LogP) is 2.23. The van der Waals surface area contributed by atoms with Crippen molar-refractivity contribution in [1.82, 2.24) is 9.97 Å². The number of hydrogen-bond acceptors (Lipinski definition) is 4. The lowest BCUT2D eigenvalue weighted by atomic mass is 10.4. The second-order valence-electron chi connectivity index (χ2n) is 3.51. The van der Waals surface area contributed by atoms with Crippen LogP contribution >= 0.6 is 0 Å². The molecule has 0 unspecified atom stereocenters. The molecule has 1 N–H and O–H groups in total. The van der Waals surface area contributed by atoms with Crippen molar-refractivity contribution in [3.05, 3.63) is 42.9 Å². The number of pyridine rings is 2. The highest BCUT2D eigenvalue weighted by molar-refractivity contribution is 6.03. The van der Waals surface area contributed by atoms with Crippen LogP contribution in [0, 0.1) is 11.8 Å². The molecule has 19 heavy (non-hydrogen) atoms. The van der Waals surface area contributed by atoms with Gasteiger partial charge in [-0.15, -0.1) is 0 Å². The molecular formula is C14H11N3O2. The van der Waals surface area contributed by atoms with Gasteiger partial charge in [0.05, 0.1) is 18.1 Å². The molecule has 0 spiro atoms. The van der Waals surface area contributed by atoms with Crippen LogP contribution in [0.2, 0.25) is 0 Å². The second kappa shape index (κ2) is 6.17. The number of hydrogen-bond donors (Lipinski definition) is 1. The van der Waals surface area contributed by atoms with Crippen molar-refractivity contribution in [3.63, 3.8) is 0 Å². The van der Waals surface area contributed by atoms with Gasteiger partial charge in [0.25, 0.3) is 5.91 Å². The molecule has 2 aromatic heterocycles. The van der Waals surface area contributed by atoms with Crippen molar-refractivity contribution in [2.24, 2.45) is 0 Å². The van der Waals surface area contributed by atoms with E-state index in [4.69, 9.17) is 4.74 Å². The Labute approximate surface area is 110 Å². The van der Waals surface area contributed by atoms with Gasteiger partial charge < -0.3 is 10.1 Å². The Morgan fingerprint density at radius 3 is 2.84 bits per heavy atom. The van der Waals surface area contributed by atoms with E-state index < -0.39 is 0 Å². The number of ether oxygens (including phenoxy) is 1. The number of amides is 1. The molecule has 5 heteroatoms. The third-order valence-corrected chi connectivity index (χ3v) is 2.09. The number of anilines is 1. The summed E-state index contributed by atoms with van der Waals surface area (Å²) in [4.78, 5) is 19.2.